The number of hydrogen-bond donors (Lipinski definition) is 1. The lowest BCUT2D eigenvalue weighted by Crippen LogP contribution is -2.23. The van der Waals surface area contributed by atoms with Gasteiger partial charge in [0.25, 0.3) is 0 Å². The van der Waals surface area contributed by atoms with Crippen molar-refractivity contribution in [3.63, 3.8) is 0 Å². The fourth-order valence-electron chi connectivity index (χ4n) is 2.33. The van der Waals surface area contributed by atoms with E-state index in [1.807, 2.05) is 6.92 Å². The van der Waals surface area contributed by atoms with Crippen LogP contribution in [0.2, 0.25) is 0 Å². The summed E-state index contributed by atoms with van der Waals surface area (Å²) in [6.07, 6.45) is 4.87. The SMILES string of the molecule is CCOCc1nc(N)cc(OC2CCC(C)CC2)n1. The van der Waals surface area contributed by atoms with Gasteiger partial charge in [0, 0.05) is 12.7 Å². The Morgan fingerprint density at radius 3 is 2.68 bits per heavy atom. The summed E-state index contributed by atoms with van der Waals surface area (Å²) in [6.45, 7) is 5.24. The first-order valence-corrected chi connectivity index (χ1v) is 7.05. The molecular weight excluding hydrogens is 242 g/mol. The van der Waals surface area contributed by atoms with Crippen molar-refractivity contribution >= 4 is 5.82 Å². The van der Waals surface area contributed by atoms with E-state index in [1.54, 1.807) is 6.07 Å². The zero-order valence-electron chi connectivity index (χ0n) is 11.8. The molecule has 1 fully saturated rings. The van der Waals surface area contributed by atoms with E-state index in [-0.39, 0.29) is 6.10 Å². The maximum atomic E-state index is 5.92. The standard InChI is InChI=1S/C14H23N3O2/c1-3-18-9-13-16-12(15)8-14(17-13)19-11-6-4-10(2)5-7-11/h8,10-11H,3-7,9H2,1-2H3,(H2,15,16,17). The van der Waals surface area contributed by atoms with Crippen molar-refractivity contribution in [3.05, 3.63) is 11.9 Å². The number of nitrogens with zero attached hydrogens (tertiary/aromatic N) is 2. The first-order chi connectivity index (χ1) is 9.17. The van der Waals surface area contributed by atoms with Crippen molar-refractivity contribution in [2.24, 2.45) is 5.92 Å². The summed E-state index contributed by atoms with van der Waals surface area (Å²) < 4.78 is 11.2. The van der Waals surface area contributed by atoms with Gasteiger partial charge in [0.2, 0.25) is 5.88 Å². The third-order valence-corrected chi connectivity index (χ3v) is 3.45. The van der Waals surface area contributed by atoms with Gasteiger partial charge in [-0.3, -0.25) is 0 Å². The third kappa shape index (κ3) is 4.35. The van der Waals surface area contributed by atoms with Gasteiger partial charge in [-0.15, -0.1) is 0 Å². The van der Waals surface area contributed by atoms with Crippen LogP contribution >= 0.6 is 0 Å². The van der Waals surface area contributed by atoms with Gasteiger partial charge >= 0.3 is 0 Å². The van der Waals surface area contributed by atoms with Crippen molar-refractivity contribution in [1.82, 2.24) is 9.97 Å². The highest BCUT2D eigenvalue weighted by Gasteiger charge is 2.20. The average molecular weight is 265 g/mol. The van der Waals surface area contributed by atoms with Crippen LogP contribution in [-0.2, 0) is 11.3 Å². The predicted molar refractivity (Wildman–Crippen MR) is 73.8 cm³/mol. The summed E-state index contributed by atoms with van der Waals surface area (Å²) in [4.78, 5) is 8.48. The molecule has 0 saturated heterocycles. The van der Waals surface area contributed by atoms with E-state index in [0.29, 0.717) is 30.7 Å². The molecule has 19 heavy (non-hydrogen) atoms. The smallest absolute Gasteiger partial charge is 0.219 e. The highest BCUT2D eigenvalue weighted by molar-refractivity contribution is 5.32. The number of ether oxygens (including phenoxy) is 2. The normalized spacial score (nSPS) is 23.3. The molecule has 1 aliphatic carbocycles. The van der Waals surface area contributed by atoms with E-state index in [4.69, 9.17) is 15.2 Å². The summed E-state index contributed by atoms with van der Waals surface area (Å²) in [5.41, 5.74) is 5.77. The van der Waals surface area contributed by atoms with Gasteiger partial charge in [0.05, 0.1) is 0 Å². The summed E-state index contributed by atoms with van der Waals surface area (Å²) in [7, 11) is 0. The Hall–Kier alpha value is -1.36. The van der Waals surface area contributed by atoms with E-state index in [9.17, 15) is 0 Å². The maximum absolute atomic E-state index is 5.92. The summed E-state index contributed by atoms with van der Waals surface area (Å²) in [5, 5.41) is 0. The largest absolute Gasteiger partial charge is 0.474 e. The molecule has 1 heterocycles. The van der Waals surface area contributed by atoms with E-state index in [2.05, 4.69) is 16.9 Å². The van der Waals surface area contributed by atoms with Crippen LogP contribution in [0.3, 0.4) is 0 Å². The summed E-state index contributed by atoms with van der Waals surface area (Å²) in [6, 6.07) is 1.69. The number of nitrogens with two attached hydrogens (primary N) is 1. The molecule has 1 aliphatic rings. The number of nitrogen functional groups attached to an aromatic ring is 1. The van der Waals surface area contributed by atoms with Gasteiger partial charge < -0.3 is 15.2 Å². The Morgan fingerprint density at radius 1 is 1.26 bits per heavy atom. The number of aromatic nitrogens is 2. The Morgan fingerprint density at radius 2 is 2.00 bits per heavy atom. The number of rotatable bonds is 5. The zero-order valence-corrected chi connectivity index (χ0v) is 11.8. The molecule has 1 aromatic heterocycles. The van der Waals surface area contributed by atoms with Crippen LogP contribution in [0.4, 0.5) is 5.82 Å². The van der Waals surface area contributed by atoms with Crippen LogP contribution in [0.15, 0.2) is 6.07 Å². The maximum Gasteiger partial charge on any atom is 0.219 e. The minimum Gasteiger partial charge on any atom is -0.474 e. The molecule has 1 aromatic rings. The molecule has 1 saturated carbocycles. The van der Waals surface area contributed by atoms with Crippen molar-refractivity contribution in [2.45, 2.75) is 52.2 Å². The van der Waals surface area contributed by atoms with Crippen LogP contribution in [0.25, 0.3) is 0 Å². The van der Waals surface area contributed by atoms with E-state index >= 15 is 0 Å². The molecular formula is C14H23N3O2. The lowest BCUT2D eigenvalue weighted by molar-refractivity contribution is 0.119. The first kappa shape index (κ1) is 14.1. The van der Waals surface area contributed by atoms with Crippen molar-refractivity contribution in [3.8, 4) is 5.88 Å². The van der Waals surface area contributed by atoms with Gasteiger partial charge in [-0.25, -0.2) is 4.98 Å². The van der Waals surface area contributed by atoms with Gasteiger partial charge in [-0.2, -0.15) is 4.98 Å². The Bertz CT molecular complexity index is 404. The molecule has 0 amide bonds. The molecule has 5 heteroatoms. The van der Waals surface area contributed by atoms with Gasteiger partial charge in [-0.05, 0) is 38.5 Å². The van der Waals surface area contributed by atoms with Gasteiger partial charge in [-0.1, -0.05) is 6.92 Å². The van der Waals surface area contributed by atoms with Crippen LogP contribution < -0.4 is 10.5 Å². The van der Waals surface area contributed by atoms with Crippen LogP contribution in [0, 0.1) is 5.92 Å². The lowest BCUT2D eigenvalue weighted by atomic mass is 9.89. The molecule has 0 unspecified atom stereocenters. The van der Waals surface area contributed by atoms with Crippen molar-refractivity contribution in [1.29, 1.82) is 0 Å². The minimum absolute atomic E-state index is 0.255. The van der Waals surface area contributed by atoms with Gasteiger partial charge in [0.1, 0.15) is 18.5 Å². The fraction of sp³-hybridized carbons (Fsp3) is 0.714. The second-order valence-corrected chi connectivity index (χ2v) is 5.18. The van der Waals surface area contributed by atoms with Gasteiger partial charge in [0.15, 0.2) is 5.82 Å². The molecule has 5 nitrogen and oxygen atoms in total. The molecule has 0 atom stereocenters. The monoisotopic (exact) mass is 265 g/mol. The lowest BCUT2D eigenvalue weighted by Gasteiger charge is -2.26. The summed E-state index contributed by atoms with van der Waals surface area (Å²) in [5.74, 6) is 2.40. The zero-order chi connectivity index (χ0) is 13.7. The van der Waals surface area contributed by atoms with Crippen LogP contribution in [0.5, 0.6) is 5.88 Å². The van der Waals surface area contributed by atoms with Crippen LogP contribution in [0.1, 0.15) is 45.4 Å². The Labute approximate surface area is 114 Å². The summed E-state index contributed by atoms with van der Waals surface area (Å²) >= 11 is 0. The molecule has 0 spiro atoms. The molecule has 0 aromatic carbocycles. The highest BCUT2D eigenvalue weighted by Crippen LogP contribution is 2.26. The fourth-order valence-corrected chi connectivity index (χ4v) is 2.33. The molecule has 0 bridgehead atoms. The Kier molecular flexibility index (Phi) is 4.96. The molecule has 0 aliphatic heterocycles. The quantitative estimate of drug-likeness (QED) is 0.886. The first-order valence-electron chi connectivity index (χ1n) is 7.05. The molecule has 2 N–H and O–H groups in total. The van der Waals surface area contributed by atoms with E-state index < -0.39 is 0 Å². The Balaban J connectivity index is 1.97. The molecule has 0 radical (unpaired) electrons. The molecule has 106 valence electrons. The highest BCUT2D eigenvalue weighted by atomic mass is 16.5. The second kappa shape index (κ2) is 6.70. The second-order valence-electron chi connectivity index (χ2n) is 5.18. The number of hydrogen-bond acceptors (Lipinski definition) is 5. The average Bonchev–Trinajstić information content (AvgIpc) is 2.38. The molecule has 2 rings (SSSR count). The number of anilines is 1. The van der Waals surface area contributed by atoms with Crippen molar-refractivity contribution < 1.29 is 9.47 Å². The van der Waals surface area contributed by atoms with Crippen LogP contribution in [-0.4, -0.2) is 22.7 Å². The predicted octanol–water partition coefficient (Wildman–Crippen LogP) is 2.55. The van der Waals surface area contributed by atoms with E-state index in [0.717, 1.165) is 18.8 Å². The topological polar surface area (TPSA) is 70.3 Å². The third-order valence-electron chi connectivity index (χ3n) is 3.45. The minimum atomic E-state index is 0.255. The van der Waals surface area contributed by atoms with E-state index in [1.165, 1.54) is 12.8 Å². The van der Waals surface area contributed by atoms with Crippen molar-refractivity contribution in [2.75, 3.05) is 12.3 Å².